The van der Waals surface area contributed by atoms with E-state index in [1.807, 2.05) is 69.9 Å². The topological polar surface area (TPSA) is 278 Å². The number of nitrogens with one attached hydrogen (secondary N) is 3. The van der Waals surface area contributed by atoms with Gasteiger partial charge in [-0.15, -0.1) is 5.10 Å². The molecule has 2 aliphatic rings. The molecule has 6 rings (SSSR count). The van der Waals surface area contributed by atoms with Gasteiger partial charge >= 0.3 is 5.97 Å². The van der Waals surface area contributed by atoms with Crippen LogP contribution in [0.25, 0.3) is 0 Å². The van der Waals surface area contributed by atoms with Crippen LogP contribution < -0.4 is 46.7 Å². The predicted octanol–water partition coefficient (Wildman–Crippen LogP) is 9.15. The number of aliphatic carboxylic acids is 1. The number of aryl methyl sites for hydroxylation is 3. The number of amides is 4. The Bertz CT molecular complexity index is 2720. The molecule has 0 radical (unpaired) electrons. The highest BCUT2D eigenvalue weighted by atomic mass is 16.5. The van der Waals surface area contributed by atoms with E-state index < -0.39 is 5.97 Å². The van der Waals surface area contributed by atoms with E-state index in [0.29, 0.717) is 120 Å². The second-order valence-corrected chi connectivity index (χ2v) is 25.4. The molecular formula is C68H107N13O8. The lowest BCUT2D eigenvalue weighted by Crippen LogP contribution is -2.41. The normalized spacial score (nSPS) is 13.9. The van der Waals surface area contributed by atoms with Crippen molar-refractivity contribution in [3.8, 4) is 11.6 Å². The van der Waals surface area contributed by atoms with Crippen molar-refractivity contribution in [3.63, 3.8) is 0 Å². The van der Waals surface area contributed by atoms with Crippen molar-refractivity contribution in [3.05, 3.63) is 83.4 Å². The van der Waals surface area contributed by atoms with Gasteiger partial charge in [-0.1, -0.05) is 95.8 Å². The Kier molecular flexibility index (Phi) is 31.6. The number of pyridine rings is 2. The number of carboxylic acids is 1. The number of unbranched alkanes of at least 4 members (excludes halogenated alkanes) is 12. The van der Waals surface area contributed by atoms with E-state index in [1.54, 1.807) is 13.3 Å². The minimum atomic E-state index is -0.781. The fourth-order valence-corrected chi connectivity index (χ4v) is 11.9. The Morgan fingerprint density at radius 1 is 0.753 bits per heavy atom. The molecule has 1 atom stereocenters. The standard InChI is InChI=1S/C68H107N13O8/c1-52-20-19-22-61(75-52)81(67(87)58-27-26-57(88-4)47-60(58)79-43-29-53(30-44-79)50-89-65-46-55(28-36-74-65)59(48-66(85)86)54-24-25-54)51-68(2,3)33-17-13-14-18-40-80-49-56(76-77-80)21-15-11-9-7-5-6-8-10-12-16-23-62(82)73-39-45-78(41-31-63(83)71-37-34-69)42-32-64(84)72-38-35-70/h19-20,22,26-28,36,46-47,49,53-54,59H,5-18,21,23-25,29-35,37-45,48,50-51,69-70H2,1-4H3,(H,71,83)(H,72,84)(H,73,82)(H,85,86)/t59-/m0/s1. The molecule has 89 heavy (non-hydrogen) atoms. The molecular weight excluding hydrogens is 1130 g/mol. The van der Waals surface area contributed by atoms with E-state index >= 15 is 4.79 Å². The summed E-state index contributed by atoms with van der Waals surface area (Å²) in [5.74, 6) is 1.59. The molecule has 4 amide bonds. The largest absolute Gasteiger partial charge is 0.497 e. The zero-order chi connectivity index (χ0) is 63.6. The summed E-state index contributed by atoms with van der Waals surface area (Å²) in [7, 11) is 1.66. The molecule has 0 unspecified atom stereocenters. The smallest absolute Gasteiger partial charge is 0.303 e. The van der Waals surface area contributed by atoms with Crippen molar-refractivity contribution < 1.29 is 38.6 Å². The van der Waals surface area contributed by atoms with Gasteiger partial charge in [-0.05, 0) is 124 Å². The molecule has 0 bridgehead atoms. The number of ether oxygens (including phenoxy) is 2. The first-order valence-corrected chi connectivity index (χ1v) is 33.4. The van der Waals surface area contributed by atoms with Gasteiger partial charge in [-0.2, -0.15) is 0 Å². The van der Waals surface area contributed by atoms with Crippen LogP contribution in [0, 0.1) is 24.2 Å². The second kappa shape index (κ2) is 39.4. The quantitative estimate of drug-likeness (QED) is 0.0225. The molecule has 8 N–H and O–H groups in total. The van der Waals surface area contributed by atoms with E-state index in [4.69, 9.17) is 25.9 Å². The molecule has 2 fully saturated rings. The number of carbonyl (C=O) groups is 5. The summed E-state index contributed by atoms with van der Waals surface area (Å²) in [6.45, 7) is 13.5. The monoisotopic (exact) mass is 1230 g/mol. The fourth-order valence-electron chi connectivity index (χ4n) is 11.9. The highest BCUT2D eigenvalue weighted by Gasteiger charge is 2.35. The van der Waals surface area contributed by atoms with Gasteiger partial charge in [0.1, 0.15) is 11.6 Å². The molecule has 21 nitrogen and oxygen atoms in total. The number of rotatable bonds is 46. The summed E-state index contributed by atoms with van der Waals surface area (Å²) in [5.41, 5.74) is 15.2. The molecule has 1 aromatic carbocycles. The lowest BCUT2D eigenvalue weighted by atomic mass is 9.86. The van der Waals surface area contributed by atoms with Crippen LogP contribution in [0.2, 0.25) is 0 Å². The van der Waals surface area contributed by atoms with Crippen molar-refractivity contribution >= 4 is 41.1 Å². The van der Waals surface area contributed by atoms with Crippen LogP contribution in [0.5, 0.6) is 11.6 Å². The maximum absolute atomic E-state index is 15.0. The maximum Gasteiger partial charge on any atom is 0.303 e. The minimum Gasteiger partial charge on any atom is -0.497 e. The highest BCUT2D eigenvalue weighted by Crippen LogP contribution is 2.45. The highest BCUT2D eigenvalue weighted by molar-refractivity contribution is 6.09. The molecule has 492 valence electrons. The van der Waals surface area contributed by atoms with Gasteiger partial charge in [0.2, 0.25) is 23.6 Å². The molecule has 4 aromatic rings. The Balaban J connectivity index is 0.828. The van der Waals surface area contributed by atoms with Gasteiger partial charge in [0.05, 0.1) is 37.1 Å². The van der Waals surface area contributed by atoms with Gasteiger partial charge in [-0.25, -0.2) is 9.97 Å². The zero-order valence-electron chi connectivity index (χ0n) is 54.2. The number of piperidine rings is 1. The Morgan fingerprint density at radius 3 is 2.04 bits per heavy atom. The van der Waals surface area contributed by atoms with Crippen molar-refractivity contribution in [2.24, 2.45) is 28.7 Å². The van der Waals surface area contributed by atoms with E-state index in [-0.39, 0.29) is 41.4 Å². The third-order valence-corrected chi connectivity index (χ3v) is 17.3. The Hall–Kier alpha value is -6.71. The van der Waals surface area contributed by atoms with Crippen LogP contribution in [-0.2, 0) is 32.1 Å². The van der Waals surface area contributed by atoms with Crippen LogP contribution in [0.15, 0.2) is 60.9 Å². The number of hydrogen-bond donors (Lipinski definition) is 6. The summed E-state index contributed by atoms with van der Waals surface area (Å²) < 4.78 is 14.0. The van der Waals surface area contributed by atoms with Crippen LogP contribution >= 0.6 is 0 Å². The van der Waals surface area contributed by atoms with E-state index in [9.17, 15) is 24.3 Å². The molecule has 1 saturated heterocycles. The van der Waals surface area contributed by atoms with Crippen molar-refractivity contribution in [1.29, 1.82) is 0 Å². The average Bonchev–Trinajstić information content (AvgIpc) is 2.58. The zero-order valence-corrected chi connectivity index (χ0v) is 54.2. The molecule has 1 saturated carbocycles. The number of carboxylic acid groups (broad SMARTS) is 1. The Morgan fingerprint density at radius 2 is 1.39 bits per heavy atom. The maximum atomic E-state index is 15.0. The fraction of sp³-hybridized carbons (Fsp3) is 0.662. The lowest BCUT2D eigenvalue weighted by Gasteiger charge is -2.36. The van der Waals surface area contributed by atoms with Crippen molar-refractivity contribution in [2.75, 3.05) is 95.5 Å². The van der Waals surface area contributed by atoms with Gasteiger partial charge in [0, 0.05) is 128 Å². The number of carbonyl (C=O) groups excluding carboxylic acids is 4. The summed E-state index contributed by atoms with van der Waals surface area (Å²) in [4.78, 5) is 79.0. The SMILES string of the molecule is COc1ccc(C(=O)N(CC(C)(C)CCCCCCn2cc(CCCCCCCCCCCCC(=O)NCCN(CCC(=O)NCCN)CCC(=O)NCCN)nn2)c2cccc(C)n2)c(N2CCC(COc3cc([C@@H](CC(=O)O)C4CC4)ccn3)CC2)c1. The summed E-state index contributed by atoms with van der Waals surface area (Å²) >= 11 is 0. The molecule has 1 aliphatic carbocycles. The van der Waals surface area contributed by atoms with Crippen LogP contribution in [-0.4, -0.2) is 150 Å². The number of hydrogen-bond acceptors (Lipinski definition) is 15. The van der Waals surface area contributed by atoms with Crippen LogP contribution in [0.1, 0.15) is 195 Å². The van der Waals surface area contributed by atoms with Crippen LogP contribution in [0.3, 0.4) is 0 Å². The average molecular weight is 1230 g/mol. The summed E-state index contributed by atoms with van der Waals surface area (Å²) in [5, 5.41) is 27.0. The predicted molar refractivity (Wildman–Crippen MR) is 350 cm³/mol. The number of anilines is 2. The summed E-state index contributed by atoms with van der Waals surface area (Å²) in [6, 6.07) is 15.5. The number of methoxy groups -OCH3 is 1. The van der Waals surface area contributed by atoms with Crippen molar-refractivity contribution in [1.82, 2.24) is 45.8 Å². The third-order valence-electron chi connectivity index (χ3n) is 17.3. The van der Waals surface area contributed by atoms with Crippen molar-refractivity contribution in [2.45, 2.75) is 187 Å². The second-order valence-electron chi connectivity index (χ2n) is 25.4. The first-order chi connectivity index (χ1) is 43.1. The van der Waals surface area contributed by atoms with Gasteiger partial charge in [0.25, 0.3) is 5.91 Å². The Labute approximate surface area is 530 Å². The lowest BCUT2D eigenvalue weighted by molar-refractivity contribution is -0.137. The number of aromatic nitrogens is 5. The molecule has 21 heteroatoms. The van der Waals surface area contributed by atoms with E-state index in [2.05, 4.69) is 56.2 Å². The van der Waals surface area contributed by atoms with Crippen LogP contribution in [0.4, 0.5) is 11.5 Å². The van der Waals surface area contributed by atoms with E-state index in [1.165, 1.54) is 38.5 Å². The molecule has 4 heterocycles. The number of nitrogens with two attached hydrogens (primary N) is 2. The van der Waals surface area contributed by atoms with Gasteiger partial charge in [0.15, 0.2) is 0 Å². The number of benzene rings is 1. The van der Waals surface area contributed by atoms with E-state index in [0.717, 1.165) is 132 Å². The minimum absolute atomic E-state index is 0.0150. The third kappa shape index (κ3) is 27.1. The first kappa shape index (κ1) is 71.4. The summed E-state index contributed by atoms with van der Waals surface area (Å²) in [6.07, 6.45) is 26.6. The first-order valence-electron chi connectivity index (χ1n) is 33.4. The van der Waals surface area contributed by atoms with Gasteiger partial charge in [-0.3, -0.25) is 33.6 Å². The number of nitrogens with zero attached hydrogens (tertiary/aromatic N) is 8. The molecule has 1 aliphatic heterocycles. The molecule has 3 aromatic heterocycles. The molecule has 0 spiro atoms. The van der Waals surface area contributed by atoms with Gasteiger partial charge < -0.3 is 51.8 Å².